The molecule has 1 aliphatic rings. The molecule has 0 atom stereocenters. The van der Waals surface area contributed by atoms with Crippen LogP contribution >= 0.6 is 0 Å². The van der Waals surface area contributed by atoms with E-state index >= 15 is 0 Å². The molecule has 2 heterocycles. The number of unbranched alkanes of at least 4 members (excludes halogenated alkanes) is 2. The summed E-state index contributed by atoms with van der Waals surface area (Å²) >= 11 is 0. The van der Waals surface area contributed by atoms with Crippen molar-refractivity contribution in [2.45, 2.75) is 82.1 Å². The normalized spacial score (nSPS) is 14.7. The Labute approximate surface area is 281 Å². The van der Waals surface area contributed by atoms with Crippen LogP contribution in [0.4, 0.5) is 29.3 Å². The van der Waals surface area contributed by atoms with E-state index in [1.165, 1.54) is 16.7 Å². The van der Waals surface area contributed by atoms with Crippen LogP contribution in [0, 0.1) is 11.8 Å². The molecule has 1 fully saturated rings. The van der Waals surface area contributed by atoms with Gasteiger partial charge in [-0.25, -0.2) is 13.2 Å². The Morgan fingerprint density at radius 2 is 1.73 bits per heavy atom. The van der Waals surface area contributed by atoms with Crippen molar-refractivity contribution in [2.75, 3.05) is 49.6 Å². The molecule has 2 aromatic carbocycles. The topological polar surface area (TPSA) is 105 Å². The van der Waals surface area contributed by atoms with E-state index in [-0.39, 0.29) is 29.3 Å². The number of hydrogen-bond acceptors (Lipinski definition) is 7. The smallest absolute Gasteiger partial charge is 0.407 e. The number of likely N-dealkylation sites (tertiary alicyclic amines) is 1. The summed E-state index contributed by atoms with van der Waals surface area (Å²) in [5.41, 5.74) is 1.66. The van der Waals surface area contributed by atoms with Gasteiger partial charge in [0.2, 0.25) is 0 Å². The zero-order valence-corrected chi connectivity index (χ0v) is 28.9. The van der Waals surface area contributed by atoms with E-state index in [0.717, 1.165) is 63.7 Å². The molecule has 1 saturated heterocycles. The van der Waals surface area contributed by atoms with E-state index < -0.39 is 28.2 Å². The average molecular weight is 690 g/mol. The highest BCUT2D eigenvalue weighted by molar-refractivity contribution is 7.90. The van der Waals surface area contributed by atoms with Gasteiger partial charge in [0.05, 0.1) is 22.7 Å². The third kappa shape index (κ3) is 11.7. The summed E-state index contributed by atoms with van der Waals surface area (Å²) in [4.78, 5) is 14.4. The van der Waals surface area contributed by atoms with Gasteiger partial charge in [0, 0.05) is 48.7 Å². The Morgan fingerprint density at radius 1 is 1.02 bits per heavy atom. The molecule has 0 radical (unpaired) electrons. The number of sulfone groups is 1. The number of hydrogen-bond donors (Lipinski definition) is 3. The molecule has 9 nitrogen and oxygen atoms in total. The lowest BCUT2D eigenvalue weighted by molar-refractivity contribution is -0.140. The van der Waals surface area contributed by atoms with Gasteiger partial charge in [-0.2, -0.15) is 13.2 Å². The first-order valence-electron chi connectivity index (χ1n) is 16.2. The molecule has 0 saturated carbocycles. The minimum Gasteiger partial charge on any atom is -0.444 e. The third-order valence-corrected chi connectivity index (χ3v) is 9.06. The van der Waals surface area contributed by atoms with Gasteiger partial charge in [0.15, 0.2) is 9.84 Å². The number of anilines is 2. The number of alkyl carbamates (subject to hydrolysis) is 1. The lowest BCUT2D eigenvalue weighted by Crippen LogP contribution is -2.39. The summed E-state index contributed by atoms with van der Waals surface area (Å²) in [5.74, 6) is 5.82. The second-order valence-electron chi connectivity index (χ2n) is 13.2. The maximum Gasteiger partial charge on any atom is 0.407 e. The molecule has 1 aromatic heterocycles. The van der Waals surface area contributed by atoms with Crippen molar-refractivity contribution in [3.63, 3.8) is 0 Å². The van der Waals surface area contributed by atoms with Gasteiger partial charge in [-0.05, 0) is 101 Å². The fraction of sp³-hybridized carbons (Fsp3) is 0.514. The molecule has 1 aliphatic heterocycles. The van der Waals surface area contributed by atoms with Crippen molar-refractivity contribution in [3.05, 3.63) is 54.2 Å². The first-order valence-corrected chi connectivity index (χ1v) is 18.1. The maximum atomic E-state index is 13.6. The Kier molecular flexibility index (Phi) is 12.3. The van der Waals surface area contributed by atoms with Crippen LogP contribution in [0.3, 0.4) is 0 Å². The van der Waals surface area contributed by atoms with Gasteiger partial charge in [-0.3, -0.25) is 0 Å². The van der Waals surface area contributed by atoms with Crippen LogP contribution in [0.5, 0.6) is 0 Å². The van der Waals surface area contributed by atoms with E-state index in [1.54, 1.807) is 30.3 Å². The average Bonchev–Trinajstić information content (AvgIpc) is 3.33. The number of carbonyl (C=O) groups excluding carboxylic acids is 1. The summed E-state index contributed by atoms with van der Waals surface area (Å²) < 4.78 is 70.7. The molecular formula is C35H46F3N5O4S. The van der Waals surface area contributed by atoms with Crippen molar-refractivity contribution in [2.24, 2.45) is 0 Å². The van der Waals surface area contributed by atoms with E-state index in [4.69, 9.17) is 4.74 Å². The standard InChI is InChI=1S/C35H46F3N5O4S/c1-34(2,3)47-33(44)40-19-6-5-7-21-42-22-17-27(18-23-42)41-31-11-8-12-32-30(31)24-28(43(32)25-35(36,37)38)10-9-20-39-26-13-15-29(16-14-26)48(4,45)46/h8,11-16,24,27,39,41H,5-7,17-23,25H2,1-4H3,(H,40,44). The molecule has 3 aromatic rings. The summed E-state index contributed by atoms with van der Waals surface area (Å²) in [7, 11) is -3.31. The number of rotatable bonds is 12. The molecule has 0 unspecified atom stereocenters. The van der Waals surface area contributed by atoms with Crippen molar-refractivity contribution in [3.8, 4) is 11.8 Å². The van der Waals surface area contributed by atoms with Crippen molar-refractivity contribution >= 4 is 38.2 Å². The second kappa shape index (κ2) is 16.0. The molecule has 48 heavy (non-hydrogen) atoms. The number of benzene rings is 2. The van der Waals surface area contributed by atoms with E-state index in [2.05, 4.69) is 32.7 Å². The largest absolute Gasteiger partial charge is 0.444 e. The second-order valence-corrected chi connectivity index (χ2v) is 15.2. The molecule has 262 valence electrons. The number of alkyl halides is 3. The van der Waals surface area contributed by atoms with E-state index in [9.17, 15) is 26.4 Å². The maximum absolute atomic E-state index is 13.6. The molecular weight excluding hydrogens is 643 g/mol. The van der Waals surface area contributed by atoms with Crippen LogP contribution < -0.4 is 16.0 Å². The van der Waals surface area contributed by atoms with Crippen LogP contribution in [0.1, 0.15) is 58.6 Å². The number of fused-ring (bicyclic) bond motifs is 1. The van der Waals surface area contributed by atoms with Gasteiger partial charge in [0.25, 0.3) is 0 Å². The monoisotopic (exact) mass is 689 g/mol. The first-order chi connectivity index (χ1) is 22.6. The summed E-state index contributed by atoms with van der Waals surface area (Å²) in [6.45, 7) is 7.96. The number of ether oxygens (including phenoxy) is 1. The molecule has 3 N–H and O–H groups in total. The van der Waals surface area contributed by atoms with Crippen LogP contribution in [0.2, 0.25) is 0 Å². The Hall–Kier alpha value is -3.89. The highest BCUT2D eigenvalue weighted by atomic mass is 32.2. The predicted molar refractivity (Wildman–Crippen MR) is 184 cm³/mol. The Morgan fingerprint density at radius 3 is 2.38 bits per heavy atom. The first kappa shape index (κ1) is 36.9. The van der Waals surface area contributed by atoms with Crippen molar-refractivity contribution in [1.29, 1.82) is 0 Å². The fourth-order valence-electron chi connectivity index (χ4n) is 5.63. The number of nitrogens with zero attached hydrogens (tertiary/aromatic N) is 2. The minimum atomic E-state index is -4.42. The third-order valence-electron chi connectivity index (χ3n) is 7.93. The van der Waals surface area contributed by atoms with Crippen LogP contribution in [-0.4, -0.2) is 80.8 Å². The quantitative estimate of drug-likeness (QED) is 0.145. The molecule has 0 bridgehead atoms. The highest BCUT2D eigenvalue weighted by Crippen LogP contribution is 2.31. The summed E-state index contributed by atoms with van der Waals surface area (Å²) in [5, 5.41) is 10.1. The van der Waals surface area contributed by atoms with Crippen LogP contribution in [0.15, 0.2) is 53.4 Å². The Balaban J connectivity index is 1.31. The Bertz CT molecular complexity index is 1700. The van der Waals surface area contributed by atoms with Crippen molar-refractivity contribution in [1.82, 2.24) is 14.8 Å². The summed E-state index contributed by atoms with van der Waals surface area (Å²) in [6, 6.07) is 13.5. The van der Waals surface area contributed by atoms with Gasteiger partial charge in [-0.15, -0.1) is 0 Å². The lowest BCUT2D eigenvalue weighted by atomic mass is 10.0. The number of nitrogens with one attached hydrogen (secondary N) is 3. The van der Waals surface area contributed by atoms with Gasteiger partial charge >= 0.3 is 12.3 Å². The zero-order valence-electron chi connectivity index (χ0n) is 28.0. The van der Waals surface area contributed by atoms with Crippen LogP contribution in [-0.2, 0) is 21.1 Å². The molecule has 0 aliphatic carbocycles. The van der Waals surface area contributed by atoms with Gasteiger partial charge in [0.1, 0.15) is 12.1 Å². The molecule has 0 spiro atoms. The molecule has 4 rings (SSSR count). The molecule has 1 amide bonds. The number of amides is 1. The van der Waals surface area contributed by atoms with E-state index in [1.807, 2.05) is 26.8 Å². The lowest BCUT2D eigenvalue weighted by Gasteiger charge is -2.33. The number of carbonyl (C=O) groups is 1. The van der Waals surface area contributed by atoms with Gasteiger partial charge < -0.3 is 30.2 Å². The highest BCUT2D eigenvalue weighted by Gasteiger charge is 2.30. The molecule has 13 heteroatoms. The SMILES string of the molecule is CC(C)(C)OC(=O)NCCCCCN1CCC(Nc2cccc3c2cc(C#CCNc2ccc(S(C)(=O)=O)cc2)n3CC(F)(F)F)CC1. The number of aromatic nitrogens is 1. The zero-order chi connectivity index (χ0) is 35.0. The van der Waals surface area contributed by atoms with Gasteiger partial charge in [-0.1, -0.05) is 18.4 Å². The minimum absolute atomic E-state index is 0.165. The number of piperidine rings is 1. The fourth-order valence-corrected chi connectivity index (χ4v) is 6.26. The number of halogens is 3. The van der Waals surface area contributed by atoms with Crippen molar-refractivity contribution < 1.29 is 31.1 Å². The van der Waals surface area contributed by atoms with Crippen LogP contribution in [0.25, 0.3) is 10.9 Å². The predicted octanol–water partition coefficient (Wildman–Crippen LogP) is 6.64. The summed E-state index contributed by atoms with van der Waals surface area (Å²) in [6.07, 6.45) is 1.09. The van der Waals surface area contributed by atoms with E-state index in [0.29, 0.717) is 23.1 Å².